The molecular weight excluding hydrogens is 389 g/mol. The lowest BCUT2D eigenvalue weighted by Crippen LogP contribution is -2.32. The molecule has 0 saturated heterocycles. The van der Waals surface area contributed by atoms with E-state index < -0.39 is 17.8 Å². The molecule has 3 aromatic rings. The largest absolute Gasteiger partial charge is 0.416 e. The second-order valence-corrected chi connectivity index (χ2v) is 7.02. The number of rotatable bonds is 5. The number of urea groups is 1. The average molecular weight is 408 g/mol. The van der Waals surface area contributed by atoms with Gasteiger partial charge in [-0.2, -0.15) is 29.6 Å². The van der Waals surface area contributed by atoms with Crippen LogP contribution in [0.15, 0.2) is 41.1 Å². The smallest absolute Gasteiger partial charge is 0.336 e. The van der Waals surface area contributed by atoms with Gasteiger partial charge in [0.1, 0.15) is 0 Å². The van der Waals surface area contributed by atoms with Crippen LogP contribution in [-0.2, 0) is 12.7 Å². The Morgan fingerprint density at radius 3 is 2.71 bits per heavy atom. The summed E-state index contributed by atoms with van der Waals surface area (Å²) in [5.41, 5.74) is 3.36. The van der Waals surface area contributed by atoms with Crippen LogP contribution in [-0.4, -0.2) is 22.4 Å². The van der Waals surface area contributed by atoms with Crippen molar-refractivity contribution in [1.29, 1.82) is 0 Å². The Kier molecular flexibility index (Phi) is 5.73. The summed E-state index contributed by atoms with van der Waals surface area (Å²) >= 11 is 1.61. The van der Waals surface area contributed by atoms with Gasteiger partial charge in [-0.05, 0) is 54.4 Å². The third kappa shape index (κ3) is 4.53. The highest BCUT2D eigenvalue weighted by molar-refractivity contribution is 7.08. The summed E-state index contributed by atoms with van der Waals surface area (Å²) in [5, 5.41) is 13.6. The summed E-state index contributed by atoms with van der Waals surface area (Å²) in [6, 6.07) is 5.97. The molecule has 0 aliphatic heterocycles. The number of aryl methyl sites for hydroxylation is 1. The fourth-order valence-electron chi connectivity index (χ4n) is 2.96. The molecule has 0 atom stereocenters. The first kappa shape index (κ1) is 19.9. The molecule has 1 aromatic carbocycles. The van der Waals surface area contributed by atoms with Crippen LogP contribution in [0, 0.1) is 13.8 Å². The van der Waals surface area contributed by atoms with Gasteiger partial charge >= 0.3 is 12.2 Å². The Balaban J connectivity index is 1.57. The zero-order valence-corrected chi connectivity index (χ0v) is 16.1. The number of aromatic nitrogens is 2. The maximum Gasteiger partial charge on any atom is 0.416 e. The van der Waals surface area contributed by atoms with Gasteiger partial charge in [0.05, 0.1) is 17.8 Å². The van der Waals surface area contributed by atoms with Gasteiger partial charge in [-0.25, -0.2) is 4.79 Å². The van der Waals surface area contributed by atoms with Crippen molar-refractivity contribution in [2.24, 2.45) is 0 Å². The van der Waals surface area contributed by atoms with E-state index in [1.54, 1.807) is 11.3 Å². The average Bonchev–Trinajstić information content (AvgIpc) is 3.23. The number of carbonyl (C=O) groups excluding carboxylic acids is 1. The number of benzene rings is 1. The quantitative estimate of drug-likeness (QED) is 0.619. The number of thiophene rings is 1. The molecule has 148 valence electrons. The minimum absolute atomic E-state index is 0.0817. The van der Waals surface area contributed by atoms with Gasteiger partial charge < -0.3 is 10.6 Å². The van der Waals surface area contributed by atoms with Crippen molar-refractivity contribution >= 4 is 23.1 Å². The van der Waals surface area contributed by atoms with Gasteiger partial charge in [-0.15, -0.1) is 0 Å². The highest BCUT2D eigenvalue weighted by Gasteiger charge is 2.30. The van der Waals surface area contributed by atoms with Crippen LogP contribution < -0.4 is 10.6 Å². The second kappa shape index (κ2) is 8.05. The van der Waals surface area contributed by atoms with Crippen molar-refractivity contribution in [2.45, 2.75) is 26.6 Å². The fourth-order valence-corrected chi connectivity index (χ4v) is 3.61. The van der Waals surface area contributed by atoms with Crippen LogP contribution in [0.2, 0.25) is 0 Å². The molecule has 0 fully saturated rings. The van der Waals surface area contributed by atoms with Gasteiger partial charge in [0, 0.05) is 23.5 Å². The summed E-state index contributed by atoms with van der Waals surface area (Å²) in [5.74, 6) is 0. The number of nitrogens with zero attached hydrogens (tertiary/aromatic N) is 2. The molecule has 0 bridgehead atoms. The molecule has 2 aromatic heterocycles. The third-order valence-corrected chi connectivity index (χ3v) is 4.93. The van der Waals surface area contributed by atoms with E-state index in [0.29, 0.717) is 6.54 Å². The summed E-state index contributed by atoms with van der Waals surface area (Å²) in [6.07, 6.45) is -4.45. The molecule has 0 radical (unpaired) electrons. The monoisotopic (exact) mass is 408 g/mol. The fraction of sp³-hybridized carbons (Fsp3) is 0.263. The zero-order chi connectivity index (χ0) is 20.3. The molecule has 0 aliphatic carbocycles. The number of carbonyl (C=O) groups is 1. The molecule has 9 heteroatoms. The van der Waals surface area contributed by atoms with Crippen molar-refractivity contribution in [3.63, 3.8) is 0 Å². The van der Waals surface area contributed by atoms with E-state index in [-0.39, 0.29) is 12.2 Å². The normalized spacial score (nSPS) is 11.5. The minimum atomic E-state index is -4.45. The van der Waals surface area contributed by atoms with Crippen LogP contribution in [0.25, 0.3) is 11.1 Å². The first-order valence-electron chi connectivity index (χ1n) is 8.54. The number of hydrogen-bond acceptors (Lipinski definition) is 3. The van der Waals surface area contributed by atoms with E-state index in [1.165, 1.54) is 12.1 Å². The van der Waals surface area contributed by atoms with Crippen LogP contribution in [0.1, 0.15) is 17.0 Å². The first-order chi connectivity index (χ1) is 13.3. The van der Waals surface area contributed by atoms with Crippen molar-refractivity contribution in [3.8, 4) is 11.1 Å². The predicted octanol–water partition coefficient (Wildman–Crippen LogP) is 5.07. The standard InChI is InChI=1S/C19H19F3N4OS/c1-12-17(14-6-9-28-11-14)13(2)26(25-12)8-7-23-18(27)24-16-5-3-4-15(10-16)19(20,21)22/h3-6,9-11H,7-8H2,1-2H3,(H2,23,24,27). The zero-order valence-electron chi connectivity index (χ0n) is 15.3. The van der Waals surface area contributed by atoms with E-state index in [0.717, 1.165) is 34.6 Å². The van der Waals surface area contributed by atoms with E-state index in [1.807, 2.05) is 30.0 Å². The summed E-state index contributed by atoms with van der Waals surface area (Å²) in [7, 11) is 0. The van der Waals surface area contributed by atoms with Gasteiger partial charge in [-0.3, -0.25) is 4.68 Å². The van der Waals surface area contributed by atoms with Crippen LogP contribution in [0.3, 0.4) is 0 Å². The molecule has 0 aliphatic rings. The van der Waals surface area contributed by atoms with Crippen molar-refractivity contribution in [2.75, 3.05) is 11.9 Å². The number of hydrogen-bond donors (Lipinski definition) is 2. The van der Waals surface area contributed by atoms with Gasteiger partial charge in [-0.1, -0.05) is 6.07 Å². The van der Waals surface area contributed by atoms with E-state index in [4.69, 9.17) is 0 Å². The number of anilines is 1. The highest BCUT2D eigenvalue weighted by atomic mass is 32.1. The highest BCUT2D eigenvalue weighted by Crippen LogP contribution is 2.31. The molecule has 0 spiro atoms. The topological polar surface area (TPSA) is 59.0 Å². The van der Waals surface area contributed by atoms with E-state index in [2.05, 4.69) is 21.1 Å². The second-order valence-electron chi connectivity index (χ2n) is 6.24. The predicted molar refractivity (Wildman–Crippen MR) is 103 cm³/mol. The summed E-state index contributed by atoms with van der Waals surface area (Å²) < 4.78 is 40.0. The number of alkyl halides is 3. The Bertz CT molecular complexity index is 964. The minimum Gasteiger partial charge on any atom is -0.336 e. The number of nitrogens with one attached hydrogen (secondary N) is 2. The Hall–Kier alpha value is -2.81. The van der Waals surface area contributed by atoms with Crippen LogP contribution in [0.4, 0.5) is 23.7 Å². The Morgan fingerprint density at radius 1 is 1.25 bits per heavy atom. The first-order valence-corrected chi connectivity index (χ1v) is 9.48. The maximum atomic E-state index is 12.7. The van der Waals surface area contributed by atoms with E-state index in [9.17, 15) is 18.0 Å². The molecule has 3 rings (SSSR count). The van der Waals surface area contributed by atoms with Crippen molar-refractivity contribution in [3.05, 3.63) is 58.0 Å². The maximum absolute atomic E-state index is 12.7. The van der Waals surface area contributed by atoms with Gasteiger partial charge in [0.2, 0.25) is 0 Å². The Labute approximate surface area is 164 Å². The molecule has 2 amide bonds. The lowest BCUT2D eigenvalue weighted by atomic mass is 10.1. The number of halogens is 3. The molecule has 0 unspecified atom stereocenters. The Morgan fingerprint density at radius 2 is 2.04 bits per heavy atom. The SMILES string of the molecule is Cc1nn(CCNC(=O)Nc2cccc(C(F)(F)F)c2)c(C)c1-c1ccsc1. The summed E-state index contributed by atoms with van der Waals surface area (Å²) in [6.45, 7) is 4.64. The van der Waals surface area contributed by atoms with Gasteiger partial charge in [0.25, 0.3) is 0 Å². The molecular formula is C19H19F3N4OS. The molecule has 2 N–H and O–H groups in total. The van der Waals surface area contributed by atoms with E-state index >= 15 is 0 Å². The van der Waals surface area contributed by atoms with Crippen LogP contribution >= 0.6 is 11.3 Å². The molecule has 0 saturated carbocycles. The van der Waals surface area contributed by atoms with Crippen LogP contribution in [0.5, 0.6) is 0 Å². The van der Waals surface area contributed by atoms with Crippen molar-refractivity contribution < 1.29 is 18.0 Å². The third-order valence-electron chi connectivity index (χ3n) is 4.25. The summed E-state index contributed by atoms with van der Waals surface area (Å²) in [4.78, 5) is 12.0. The number of amides is 2. The lowest BCUT2D eigenvalue weighted by Gasteiger charge is -2.11. The molecule has 2 heterocycles. The van der Waals surface area contributed by atoms with Gasteiger partial charge in [0.15, 0.2) is 0 Å². The molecule has 28 heavy (non-hydrogen) atoms. The van der Waals surface area contributed by atoms with Crippen molar-refractivity contribution in [1.82, 2.24) is 15.1 Å². The molecule has 5 nitrogen and oxygen atoms in total. The lowest BCUT2D eigenvalue weighted by molar-refractivity contribution is -0.137.